The standard InChI is InChI=1S/C8H7IN3OP/c9-14-12-6-7(5-10-12)11-4-2-1-3-8(11)13/h1-6,14H. The van der Waals surface area contributed by atoms with Gasteiger partial charge in [-0.2, -0.15) is 5.10 Å². The van der Waals surface area contributed by atoms with Crippen LogP contribution in [0.25, 0.3) is 5.69 Å². The van der Waals surface area contributed by atoms with E-state index in [1.165, 1.54) is 6.07 Å². The van der Waals surface area contributed by atoms with Crippen LogP contribution < -0.4 is 5.56 Å². The van der Waals surface area contributed by atoms with Gasteiger partial charge in [0.1, 0.15) is 0 Å². The van der Waals surface area contributed by atoms with Crippen molar-refractivity contribution in [3.63, 3.8) is 0 Å². The van der Waals surface area contributed by atoms with Gasteiger partial charge in [-0.25, -0.2) is 4.45 Å². The molecule has 2 heterocycles. The highest BCUT2D eigenvalue weighted by Gasteiger charge is 2.00. The Hall–Kier alpha value is -0.680. The lowest BCUT2D eigenvalue weighted by molar-refractivity contribution is 0.990. The van der Waals surface area contributed by atoms with Gasteiger partial charge in [0, 0.05) is 12.3 Å². The first kappa shape index (κ1) is 9.86. The maximum Gasteiger partial charge on any atom is 0.255 e. The minimum atomic E-state index is -0.0381. The molecule has 0 bridgehead atoms. The zero-order valence-corrected chi connectivity index (χ0v) is 10.2. The van der Waals surface area contributed by atoms with Gasteiger partial charge in [0.2, 0.25) is 0 Å². The molecule has 4 nitrogen and oxygen atoms in total. The van der Waals surface area contributed by atoms with E-state index in [0.717, 1.165) is 5.69 Å². The van der Waals surface area contributed by atoms with Crippen molar-refractivity contribution in [3.05, 3.63) is 47.1 Å². The Labute approximate surface area is 95.3 Å². The smallest absolute Gasteiger partial charge is 0.255 e. The Balaban J connectivity index is 2.50. The summed E-state index contributed by atoms with van der Waals surface area (Å²) in [6.45, 7) is 0. The fourth-order valence-corrected chi connectivity index (χ4v) is 2.20. The molecule has 2 rings (SSSR count). The number of rotatable bonds is 2. The third-order valence-electron chi connectivity index (χ3n) is 1.76. The molecule has 72 valence electrons. The third kappa shape index (κ3) is 1.88. The zero-order valence-electron chi connectivity index (χ0n) is 7.09. The van der Waals surface area contributed by atoms with E-state index in [0.29, 0.717) is 6.37 Å². The molecule has 1 atom stereocenters. The second-order valence-corrected chi connectivity index (χ2v) is 4.71. The Kier molecular flexibility index (Phi) is 2.98. The minimum Gasteiger partial charge on any atom is -0.281 e. The molecule has 2 aromatic rings. The van der Waals surface area contributed by atoms with Crippen molar-refractivity contribution >= 4 is 28.4 Å². The predicted molar refractivity (Wildman–Crippen MR) is 65.6 cm³/mol. The molecule has 0 saturated carbocycles. The average molecular weight is 319 g/mol. The quantitative estimate of drug-likeness (QED) is 0.626. The van der Waals surface area contributed by atoms with Crippen LogP contribution in [0.5, 0.6) is 0 Å². The lowest BCUT2D eigenvalue weighted by Crippen LogP contribution is -2.14. The highest BCUT2D eigenvalue weighted by molar-refractivity contribution is 14.2. The van der Waals surface area contributed by atoms with Crippen LogP contribution in [0.1, 0.15) is 0 Å². The Bertz CT molecular complexity index is 493. The fourth-order valence-electron chi connectivity index (χ4n) is 1.12. The summed E-state index contributed by atoms with van der Waals surface area (Å²) < 4.78 is 3.37. The molecule has 0 spiro atoms. The van der Waals surface area contributed by atoms with Crippen LogP contribution in [-0.4, -0.2) is 14.1 Å². The second-order valence-electron chi connectivity index (χ2n) is 2.64. The van der Waals surface area contributed by atoms with Crippen molar-refractivity contribution in [2.24, 2.45) is 0 Å². The summed E-state index contributed by atoms with van der Waals surface area (Å²) in [6.07, 6.45) is 5.83. The molecule has 2 aromatic heterocycles. The highest BCUT2D eigenvalue weighted by atomic mass is 127. The van der Waals surface area contributed by atoms with Gasteiger partial charge in [0.25, 0.3) is 5.56 Å². The van der Waals surface area contributed by atoms with E-state index >= 15 is 0 Å². The van der Waals surface area contributed by atoms with E-state index in [1.54, 1.807) is 27.5 Å². The van der Waals surface area contributed by atoms with Gasteiger partial charge in [-0.15, -0.1) is 0 Å². The molecular formula is C8H7IN3OP. The minimum absolute atomic E-state index is 0.0381. The molecule has 1 unspecified atom stereocenters. The summed E-state index contributed by atoms with van der Waals surface area (Å²) in [5.41, 5.74) is 0.767. The normalized spacial score (nSPS) is 11.2. The number of hydrogen-bond donors (Lipinski definition) is 0. The Morgan fingerprint density at radius 1 is 1.43 bits per heavy atom. The number of pyridine rings is 1. The molecular weight excluding hydrogens is 312 g/mol. The summed E-state index contributed by atoms with van der Waals surface area (Å²) in [4.78, 5) is 11.4. The van der Waals surface area contributed by atoms with Crippen molar-refractivity contribution in [2.45, 2.75) is 0 Å². The number of halogens is 1. The van der Waals surface area contributed by atoms with E-state index in [9.17, 15) is 4.79 Å². The van der Waals surface area contributed by atoms with Gasteiger partial charge < -0.3 is 0 Å². The molecule has 0 saturated heterocycles. The van der Waals surface area contributed by atoms with Crippen molar-refractivity contribution in [1.29, 1.82) is 0 Å². The maximum atomic E-state index is 11.4. The van der Waals surface area contributed by atoms with Crippen molar-refractivity contribution in [2.75, 3.05) is 0 Å². The summed E-state index contributed by atoms with van der Waals surface area (Å²) in [6, 6.07) is 5.08. The molecule has 14 heavy (non-hydrogen) atoms. The van der Waals surface area contributed by atoms with Crippen LogP contribution in [0, 0.1) is 0 Å². The predicted octanol–water partition coefficient (Wildman–Crippen LogP) is 1.83. The van der Waals surface area contributed by atoms with Crippen molar-refractivity contribution in [3.8, 4) is 5.69 Å². The fraction of sp³-hybridized carbons (Fsp3) is 0. The topological polar surface area (TPSA) is 39.8 Å². The molecule has 0 aliphatic heterocycles. The first-order chi connectivity index (χ1) is 6.81. The van der Waals surface area contributed by atoms with Crippen molar-refractivity contribution in [1.82, 2.24) is 14.1 Å². The van der Waals surface area contributed by atoms with Gasteiger partial charge in [0.05, 0.1) is 24.5 Å². The summed E-state index contributed by atoms with van der Waals surface area (Å²) in [5, 5.41) is 4.11. The summed E-state index contributed by atoms with van der Waals surface area (Å²) in [5.74, 6) is 0. The summed E-state index contributed by atoms with van der Waals surface area (Å²) in [7, 11) is 0. The van der Waals surface area contributed by atoms with E-state index < -0.39 is 0 Å². The third-order valence-corrected chi connectivity index (χ3v) is 3.66. The van der Waals surface area contributed by atoms with Gasteiger partial charge >= 0.3 is 0 Å². The molecule has 6 heteroatoms. The maximum absolute atomic E-state index is 11.4. The van der Waals surface area contributed by atoms with Gasteiger partial charge in [0.15, 0.2) is 0 Å². The van der Waals surface area contributed by atoms with Crippen LogP contribution >= 0.6 is 28.4 Å². The number of aromatic nitrogens is 3. The SMILES string of the molecule is O=c1ccccn1-c1cnn(PI)c1. The molecule has 0 aliphatic carbocycles. The van der Waals surface area contributed by atoms with E-state index in [2.05, 4.69) is 27.1 Å². The summed E-state index contributed by atoms with van der Waals surface area (Å²) >= 11 is 2.24. The molecule has 0 N–H and O–H groups in total. The van der Waals surface area contributed by atoms with E-state index in [4.69, 9.17) is 0 Å². The first-order valence-electron chi connectivity index (χ1n) is 3.90. The molecule has 0 fully saturated rings. The van der Waals surface area contributed by atoms with Crippen molar-refractivity contribution < 1.29 is 0 Å². The lowest BCUT2D eigenvalue weighted by atomic mass is 10.4. The number of hydrogen-bond acceptors (Lipinski definition) is 2. The van der Waals surface area contributed by atoms with Gasteiger partial charge in [-0.05, 0) is 28.1 Å². The van der Waals surface area contributed by atoms with E-state index in [-0.39, 0.29) is 5.56 Å². The Morgan fingerprint density at radius 2 is 2.29 bits per heavy atom. The van der Waals surface area contributed by atoms with E-state index in [1.807, 2.05) is 12.3 Å². The number of nitrogens with zero attached hydrogens (tertiary/aromatic N) is 3. The van der Waals surface area contributed by atoms with Crippen LogP contribution in [0.4, 0.5) is 0 Å². The molecule has 0 aromatic carbocycles. The van der Waals surface area contributed by atoms with Gasteiger partial charge in [-0.1, -0.05) is 6.07 Å². The highest BCUT2D eigenvalue weighted by Crippen LogP contribution is 2.22. The van der Waals surface area contributed by atoms with Crippen LogP contribution in [0.3, 0.4) is 0 Å². The van der Waals surface area contributed by atoms with Gasteiger partial charge in [-0.3, -0.25) is 9.36 Å². The molecule has 0 aliphatic rings. The lowest BCUT2D eigenvalue weighted by Gasteiger charge is -1.98. The van der Waals surface area contributed by atoms with Crippen LogP contribution in [-0.2, 0) is 0 Å². The molecule has 0 radical (unpaired) electrons. The second kappa shape index (κ2) is 4.23. The monoisotopic (exact) mass is 319 g/mol. The Morgan fingerprint density at radius 3 is 2.93 bits per heavy atom. The molecule has 0 amide bonds. The van der Waals surface area contributed by atoms with Crippen LogP contribution in [0.2, 0.25) is 0 Å². The van der Waals surface area contributed by atoms with Crippen LogP contribution in [0.15, 0.2) is 41.6 Å². The average Bonchev–Trinajstić information content (AvgIpc) is 2.67. The zero-order chi connectivity index (χ0) is 9.97. The largest absolute Gasteiger partial charge is 0.281 e. The first-order valence-corrected chi connectivity index (χ1v) is 7.97.